The van der Waals surface area contributed by atoms with Gasteiger partial charge in [-0.25, -0.2) is 10.1 Å². The number of rotatable bonds is 7. The van der Waals surface area contributed by atoms with E-state index in [1.165, 1.54) is 6.21 Å². The highest BCUT2D eigenvalue weighted by atomic mass is 16.5. The zero-order valence-electron chi connectivity index (χ0n) is 19.6. The number of nitrogens with zero attached hydrogens (tertiary/aromatic N) is 3. The Morgan fingerprint density at radius 2 is 1.68 bits per heavy atom. The van der Waals surface area contributed by atoms with E-state index >= 15 is 0 Å². The molecule has 0 atom stereocenters. The van der Waals surface area contributed by atoms with Crippen LogP contribution in [-0.4, -0.2) is 36.1 Å². The molecule has 7 nitrogen and oxygen atoms in total. The molecule has 0 aliphatic carbocycles. The van der Waals surface area contributed by atoms with Crippen molar-refractivity contribution in [1.29, 1.82) is 0 Å². The van der Waals surface area contributed by atoms with Gasteiger partial charge < -0.3 is 9.47 Å². The maximum Gasteiger partial charge on any atom is 0.291 e. The van der Waals surface area contributed by atoms with E-state index in [2.05, 4.69) is 15.6 Å². The predicted molar refractivity (Wildman–Crippen MR) is 133 cm³/mol. The number of methoxy groups -OCH3 is 2. The van der Waals surface area contributed by atoms with Crippen LogP contribution in [-0.2, 0) is 0 Å². The highest BCUT2D eigenvalue weighted by Crippen LogP contribution is 2.27. The minimum atomic E-state index is -0.406. The number of ether oxygens (including phenoxy) is 2. The van der Waals surface area contributed by atoms with Gasteiger partial charge in [0.2, 0.25) is 0 Å². The van der Waals surface area contributed by atoms with Crippen molar-refractivity contribution in [2.45, 2.75) is 13.8 Å². The second-order valence-electron chi connectivity index (χ2n) is 7.85. The standard InChI is InChI=1S/C27H26N4O3/c1-18-8-11-21(12-9-18)24-16-23(30-31(24)22-7-5-6-19(2)14-22)27(32)29-28-17-20-10-13-25(33-3)26(15-20)34-4/h5-17H,1-4H3,(H,29,32)/b28-17-. The Bertz CT molecular complexity index is 1340. The fraction of sp³-hybridized carbons (Fsp3) is 0.148. The summed E-state index contributed by atoms with van der Waals surface area (Å²) in [6, 6.07) is 23.3. The smallest absolute Gasteiger partial charge is 0.291 e. The van der Waals surface area contributed by atoms with Crippen LogP contribution in [0.5, 0.6) is 11.5 Å². The van der Waals surface area contributed by atoms with Crippen molar-refractivity contribution in [3.63, 3.8) is 0 Å². The number of aromatic nitrogens is 2. The highest BCUT2D eigenvalue weighted by molar-refractivity contribution is 5.94. The second-order valence-corrected chi connectivity index (χ2v) is 7.85. The van der Waals surface area contributed by atoms with E-state index in [1.54, 1.807) is 37.1 Å². The molecule has 0 fully saturated rings. The van der Waals surface area contributed by atoms with Gasteiger partial charge in [0.25, 0.3) is 5.91 Å². The van der Waals surface area contributed by atoms with Gasteiger partial charge in [0, 0.05) is 5.56 Å². The summed E-state index contributed by atoms with van der Waals surface area (Å²) < 4.78 is 12.3. The van der Waals surface area contributed by atoms with E-state index in [1.807, 2.05) is 68.4 Å². The van der Waals surface area contributed by atoms with Gasteiger partial charge in [-0.1, -0.05) is 42.0 Å². The fourth-order valence-electron chi connectivity index (χ4n) is 3.53. The normalized spacial score (nSPS) is 10.9. The summed E-state index contributed by atoms with van der Waals surface area (Å²) in [7, 11) is 3.14. The van der Waals surface area contributed by atoms with Crippen LogP contribution in [0.15, 0.2) is 77.9 Å². The first kappa shape index (κ1) is 22.8. The molecule has 0 aliphatic rings. The number of hydrazone groups is 1. The Morgan fingerprint density at radius 3 is 2.38 bits per heavy atom. The largest absolute Gasteiger partial charge is 0.493 e. The van der Waals surface area contributed by atoms with Crippen molar-refractivity contribution in [2.75, 3.05) is 14.2 Å². The molecule has 4 rings (SSSR count). The lowest BCUT2D eigenvalue weighted by atomic mass is 10.1. The number of hydrogen-bond acceptors (Lipinski definition) is 5. The van der Waals surface area contributed by atoms with Crippen LogP contribution in [0.4, 0.5) is 0 Å². The zero-order chi connectivity index (χ0) is 24.1. The topological polar surface area (TPSA) is 77.7 Å². The first-order valence-electron chi connectivity index (χ1n) is 10.8. The summed E-state index contributed by atoms with van der Waals surface area (Å²) in [5.74, 6) is 0.794. The minimum Gasteiger partial charge on any atom is -0.493 e. The Balaban J connectivity index is 1.61. The number of hydrogen-bond donors (Lipinski definition) is 1. The van der Waals surface area contributed by atoms with Crippen molar-refractivity contribution >= 4 is 12.1 Å². The van der Waals surface area contributed by atoms with Gasteiger partial charge in [0.15, 0.2) is 17.2 Å². The van der Waals surface area contributed by atoms with Gasteiger partial charge in [-0.2, -0.15) is 10.2 Å². The van der Waals surface area contributed by atoms with Crippen LogP contribution < -0.4 is 14.9 Å². The van der Waals surface area contributed by atoms with Gasteiger partial charge >= 0.3 is 0 Å². The Kier molecular flexibility index (Phi) is 6.73. The summed E-state index contributed by atoms with van der Waals surface area (Å²) in [6.45, 7) is 4.06. The number of amides is 1. The van der Waals surface area contributed by atoms with Gasteiger partial charge in [-0.05, 0) is 61.4 Å². The van der Waals surface area contributed by atoms with Crippen molar-refractivity contribution in [3.8, 4) is 28.4 Å². The van der Waals surface area contributed by atoms with E-state index in [-0.39, 0.29) is 5.69 Å². The maximum atomic E-state index is 12.9. The van der Waals surface area contributed by atoms with Gasteiger partial charge in [0.05, 0.1) is 31.8 Å². The summed E-state index contributed by atoms with van der Waals surface area (Å²) in [5.41, 5.74) is 8.51. The quantitative estimate of drug-likeness (QED) is 0.317. The van der Waals surface area contributed by atoms with E-state index in [0.29, 0.717) is 11.5 Å². The molecular formula is C27H26N4O3. The Labute approximate surface area is 198 Å². The molecule has 4 aromatic rings. The fourth-order valence-corrected chi connectivity index (χ4v) is 3.53. The molecular weight excluding hydrogens is 428 g/mol. The Hall–Kier alpha value is -4.39. The molecule has 0 bridgehead atoms. The van der Waals surface area contributed by atoms with E-state index in [4.69, 9.17) is 9.47 Å². The SMILES string of the molecule is COc1ccc(/C=N\NC(=O)c2cc(-c3ccc(C)cc3)n(-c3cccc(C)c3)n2)cc1OC. The van der Waals surface area contributed by atoms with Crippen LogP contribution in [0, 0.1) is 13.8 Å². The van der Waals surface area contributed by atoms with Crippen LogP contribution in [0.25, 0.3) is 16.9 Å². The molecule has 3 aromatic carbocycles. The Morgan fingerprint density at radius 1 is 0.912 bits per heavy atom. The molecule has 0 saturated heterocycles. The van der Waals surface area contributed by atoms with E-state index in [0.717, 1.165) is 33.6 Å². The number of nitrogens with one attached hydrogen (secondary N) is 1. The van der Waals surface area contributed by atoms with Crippen LogP contribution in [0.3, 0.4) is 0 Å². The van der Waals surface area contributed by atoms with Gasteiger partial charge in [0.1, 0.15) is 0 Å². The molecule has 1 aromatic heterocycles. The lowest BCUT2D eigenvalue weighted by Gasteiger charge is -2.08. The number of carbonyl (C=O) groups is 1. The molecule has 1 heterocycles. The summed E-state index contributed by atoms with van der Waals surface area (Å²) in [5, 5.41) is 8.68. The van der Waals surface area contributed by atoms with Crippen LogP contribution in [0.2, 0.25) is 0 Å². The zero-order valence-corrected chi connectivity index (χ0v) is 19.6. The molecule has 0 aliphatic heterocycles. The first-order valence-corrected chi connectivity index (χ1v) is 10.8. The third-order valence-corrected chi connectivity index (χ3v) is 5.32. The third kappa shape index (κ3) is 4.99. The molecule has 1 N–H and O–H groups in total. The summed E-state index contributed by atoms with van der Waals surface area (Å²) in [6.07, 6.45) is 1.54. The lowest BCUT2D eigenvalue weighted by molar-refractivity contribution is 0.0949. The second kappa shape index (κ2) is 10.0. The number of benzene rings is 3. The van der Waals surface area contributed by atoms with Crippen LogP contribution in [0.1, 0.15) is 27.2 Å². The monoisotopic (exact) mass is 454 g/mol. The molecule has 0 spiro atoms. The van der Waals surface area contributed by atoms with Crippen molar-refractivity contribution in [2.24, 2.45) is 5.10 Å². The highest BCUT2D eigenvalue weighted by Gasteiger charge is 2.17. The number of aryl methyl sites for hydroxylation is 2. The van der Waals surface area contributed by atoms with Crippen molar-refractivity contribution in [1.82, 2.24) is 15.2 Å². The molecule has 0 radical (unpaired) electrons. The maximum absolute atomic E-state index is 12.9. The summed E-state index contributed by atoms with van der Waals surface area (Å²) in [4.78, 5) is 12.9. The predicted octanol–water partition coefficient (Wildman–Crippen LogP) is 4.94. The van der Waals surface area contributed by atoms with Crippen molar-refractivity contribution < 1.29 is 14.3 Å². The molecule has 0 unspecified atom stereocenters. The minimum absolute atomic E-state index is 0.265. The molecule has 172 valence electrons. The molecule has 34 heavy (non-hydrogen) atoms. The summed E-state index contributed by atoms with van der Waals surface area (Å²) >= 11 is 0. The molecule has 1 amide bonds. The van der Waals surface area contributed by atoms with Crippen LogP contribution >= 0.6 is 0 Å². The van der Waals surface area contributed by atoms with Gasteiger partial charge in [-0.3, -0.25) is 4.79 Å². The third-order valence-electron chi connectivity index (χ3n) is 5.32. The van der Waals surface area contributed by atoms with Crippen molar-refractivity contribution in [3.05, 3.63) is 95.2 Å². The average molecular weight is 455 g/mol. The first-order chi connectivity index (χ1) is 16.5. The van der Waals surface area contributed by atoms with E-state index in [9.17, 15) is 4.79 Å². The van der Waals surface area contributed by atoms with E-state index < -0.39 is 5.91 Å². The average Bonchev–Trinajstić information content (AvgIpc) is 3.30. The number of carbonyl (C=O) groups excluding carboxylic acids is 1. The molecule has 7 heteroatoms. The lowest BCUT2D eigenvalue weighted by Crippen LogP contribution is -2.18. The molecule has 0 saturated carbocycles. The van der Waals surface area contributed by atoms with Gasteiger partial charge in [-0.15, -0.1) is 0 Å².